The van der Waals surface area contributed by atoms with Crippen molar-refractivity contribution in [1.82, 2.24) is 24.6 Å². The number of carbonyl (C=O) groups is 1. The fraction of sp³-hybridized carbons (Fsp3) is 0.368. The van der Waals surface area contributed by atoms with Crippen molar-refractivity contribution in [1.29, 1.82) is 0 Å². The maximum atomic E-state index is 13.4. The van der Waals surface area contributed by atoms with E-state index in [0.29, 0.717) is 10.3 Å². The lowest BCUT2D eigenvalue weighted by atomic mass is 10.2. The van der Waals surface area contributed by atoms with Crippen molar-refractivity contribution in [2.45, 2.75) is 32.0 Å². The lowest BCUT2D eigenvalue weighted by Gasteiger charge is -2.20. The van der Waals surface area contributed by atoms with Crippen LogP contribution in [0.4, 0.5) is 9.52 Å². The maximum absolute atomic E-state index is 13.4. The van der Waals surface area contributed by atoms with E-state index in [1.165, 1.54) is 35.2 Å². The summed E-state index contributed by atoms with van der Waals surface area (Å²) < 4.78 is 15.3. The highest BCUT2D eigenvalue weighted by Gasteiger charge is 2.21. The van der Waals surface area contributed by atoms with Crippen molar-refractivity contribution in [2.24, 2.45) is 0 Å². The summed E-state index contributed by atoms with van der Waals surface area (Å²) in [5.41, 5.74) is 1.66. The number of benzene rings is 1. The Hall–Kier alpha value is -2.30. The molecular weight excluding hydrogens is 411 g/mol. The molecular formula is C19H23FN6OS2. The van der Waals surface area contributed by atoms with Gasteiger partial charge in [0.15, 0.2) is 16.1 Å². The van der Waals surface area contributed by atoms with Crippen LogP contribution in [0.1, 0.15) is 29.4 Å². The highest BCUT2D eigenvalue weighted by atomic mass is 32.2. The van der Waals surface area contributed by atoms with E-state index in [1.54, 1.807) is 12.1 Å². The van der Waals surface area contributed by atoms with Crippen molar-refractivity contribution >= 4 is 34.1 Å². The lowest BCUT2D eigenvalue weighted by Crippen LogP contribution is -2.21. The van der Waals surface area contributed by atoms with Gasteiger partial charge < -0.3 is 5.32 Å². The molecule has 0 aliphatic rings. The van der Waals surface area contributed by atoms with Crippen LogP contribution in [0.25, 0.3) is 5.69 Å². The molecule has 0 spiro atoms. The van der Waals surface area contributed by atoms with Gasteiger partial charge in [-0.1, -0.05) is 11.8 Å². The van der Waals surface area contributed by atoms with E-state index in [1.807, 2.05) is 44.3 Å². The zero-order valence-electron chi connectivity index (χ0n) is 16.9. The Labute approximate surface area is 177 Å². The summed E-state index contributed by atoms with van der Waals surface area (Å²) in [7, 11) is 3.90. The molecule has 0 bridgehead atoms. The minimum atomic E-state index is -0.313. The van der Waals surface area contributed by atoms with E-state index in [4.69, 9.17) is 0 Å². The topological polar surface area (TPSA) is 75.9 Å². The van der Waals surface area contributed by atoms with E-state index in [-0.39, 0.29) is 23.5 Å². The van der Waals surface area contributed by atoms with E-state index in [9.17, 15) is 9.18 Å². The van der Waals surface area contributed by atoms with Gasteiger partial charge in [-0.05, 0) is 59.1 Å². The molecule has 154 valence electrons. The molecule has 1 atom stereocenters. The van der Waals surface area contributed by atoms with E-state index in [2.05, 4.69) is 20.5 Å². The Morgan fingerprint density at radius 3 is 2.55 bits per heavy atom. The van der Waals surface area contributed by atoms with Crippen molar-refractivity contribution in [3.05, 3.63) is 46.5 Å². The van der Waals surface area contributed by atoms with Crippen LogP contribution in [0.2, 0.25) is 0 Å². The number of hydrogen-bond donors (Lipinski definition) is 1. The first kappa shape index (κ1) is 21.4. The average molecular weight is 435 g/mol. The monoisotopic (exact) mass is 434 g/mol. The van der Waals surface area contributed by atoms with E-state index < -0.39 is 0 Å². The second-order valence-corrected chi connectivity index (χ2v) is 8.94. The Bertz CT molecular complexity index is 979. The molecule has 2 heterocycles. The van der Waals surface area contributed by atoms with Gasteiger partial charge in [-0.3, -0.25) is 14.3 Å². The first-order valence-corrected chi connectivity index (χ1v) is 10.8. The van der Waals surface area contributed by atoms with Gasteiger partial charge >= 0.3 is 0 Å². The maximum Gasteiger partial charge on any atom is 0.236 e. The molecule has 1 N–H and O–H groups in total. The van der Waals surface area contributed by atoms with Gasteiger partial charge in [0.05, 0.1) is 17.5 Å². The fourth-order valence-corrected chi connectivity index (χ4v) is 4.11. The molecule has 0 aliphatic carbocycles. The average Bonchev–Trinajstić information content (AvgIpc) is 3.23. The van der Waals surface area contributed by atoms with Crippen LogP contribution in [0.5, 0.6) is 0 Å². The summed E-state index contributed by atoms with van der Waals surface area (Å²) in [6, 6.07) is 6.13. The first-order chi connectivity index (χ1) is 13.8. The van der Waals surface area contributed by atoms with Crippen LogP contribution < -0.4 is 5.32 Å². The molecule has 0 unspecified atom stereocenters. The second-order valence-electron chi connectivity index (χ2n) is 6.79. The normalized spacial score (nSPS) is 12.4. The highest BCUT2D eigenvalue weighted by molar-refractivity contribution is 7.99. The molecule has 0 saturated carbocycles. The van der Waals surface area contributed by atoms with Crippen LogP contribution in [-0.2, 0) is 4.79 Å². The van der Waals surface area contributed by atoms with Crippen molar-refractivity contribution < 1.29 is 9.18 Å². The predicted octanol–water partition coefficient (Wildman–Crippen LogP) is 3.83. The fourth-order valence-electron chi connectivity index (χ4n) is 2.52. The number of halogens is 1. The summed E-state index contributed by atoms with van der Waals surface area (Å²) in [6.07, 6.45) is 0. The van der Waals surface area contributed by atoms with Gasteiger partial charge in [-0.2, -0.15) is 0 Å². The van der Waals surface area contributed by atoms with Crippen LogP contribution >= 0.6 is 23.1 Å². The molecule has 2 aromatic heterocycles. The number of thioether (sulfide) groups is 1. The van der Waals surface area contributed by atoms with Gasteiger partial charge in [-0.15, -0.1) is 21.5 Å². The molecule has 1 aromatic carbocycles. The second kappa shape index (κ2) is 9.02. The summed E-state index contributed by atoms with van der Waals surface area (Å²) in [5, 5.41) is 12.6. The number of carbonyl (C=O) groups excluding carboxylic acids is 1. The van der Waals surface area contributed by atoms with Gasteiger partial charge in [-0.25, -0.2) is 9.37 Å². The lowest BCUT2D eigenvalue weighted by molar-refractivity contribution is -0.113. The molecule has 7 nitrogen and oxygen atoms in total. The number of nitrogens with one attached hydrogen (secondary N) is 1. The Balaban J connectivity index is 1.81. The quantitative estimate of drug-likeness (QED) is 0.570. The van der Waals surface area contributed by atoms with E-state index >= 15 is 0 Å². The molecule has 0 radical (unpaired) electrons. The first-order valence-electron chi connectivity index (χ1n) is 9.00. The van der Waals surface area contributed by atoms with Gasteiger partial charge in [0.1, 0.15) is 5.82 Å². The molecule has 0 saturated heterocycles. The molecule has 10 heteroatoms. The number of anilines is 1. The summed E-state index contributed by atoms with van der Waals surface area (Å²) in [6.45, 7) is 5.89. The van der Waals surface area contributed by atoms with Crippen molar-refractivity contribution in [3.8, 4) is 5.69 Å². The molecule has 3 aromatic rings. The van der Waals surface area contributed by atoms with Gasteiger partial charge in [0.25, 0.3) is 0 Å². The number of amides is 1. The van der Waals surface area contributed by atoms with E-state index in [0.717, 1.165) is 22.1 Å². The van der Waals surface area contributed by atoms with Crippen LogP contribution in [0.15, 0.2) is 29.4 Å². The number of aryl methyl sites for hydroxylation is 2. The third kappa shape index (κ3) is 5.01. The van der Waals surface area contributed by atoms with Crippen LogP contribution in [0, 0.1) is 19.7 Å². The highest BCUT2D eigenvalue weighted by Crippen LogP contribution is 2.27. The number of hydrogen-bond acceptors (Lipinski definition) is 7. The number of nitrogens with zero attached hydrogens (tertiary/aromatic N) is 5. The zero-order valence-corrected chi connectivity index (χ0v) is 18.6. The number of aromatic nitrogens is 4. The van der Waals surface area contributed by atoms with Gasteiger partial charge in [0, 0.05) is 10.6 Å². The number of rotatable bonds is 7. The Morgan fingerprint density at radius 2 is 1.97 bits per heavy atom. The Morgan fingerprint density at radius 1 is 1.28 bits per heavy atom. The molecule has 0 aliphatic heterocycles. The largest absolute Gasteiger partial charge is 0.301 e. The van der Waals surface area contributed by atoms with Gasteiger partial charge in [0.2, 0.25) is 5.91 Å². The molecule has 0 fully saturated rings. The standard InChI is InChI=1S/C19H23FN6OS2/c1-11-13(3)29-18(21-11)22-16(27)10-28-19-24-23-17(12(2)25(4)5)26(19)15-8-6-14(20)7-9-15/h6-9,12H,10H2,1-5H3,(H,21,22,27)/t12-/m1/s1. The van der Waals surface area contributed by atoms with Crippen LogP contribution in [-0.4, -0.2) is 50.4 Å². The third-order valence-electron chi connectivity index (χ3n) is 4.50. The number of thiazole rings is 1. The van der Waals surface area contributed by atoms with Crippen LogP contribution in [0.3, 0.4) is 0 Å². The summed E-state index contributed by atoms with van der Waals surface area (Å²) in [5.74, 6) is 0.398. The smallest absolute Gasteiger partial charge is 0.236 e. The minimum Gasteiger partial charge on any atom is -0.301 e. The molecule has 29 heavy (non-hydrogen) atoms. The minimum absolute atomic E-state index is 0.0167. The SMILES string of the molecule is Cc1nc(NC(=O)CSc2nnc([C@@H](C)N(C)C)n2-c2ccc(F)cc2)sc1C. The Kier molecular flexibility index (Phi) is 6.66. The summed E-state index contributed by atoms with van der Waals surface area (Å²) >= 11 is 2.73. The predicted molar refractivity (Wildman–Crippen MR) is 114 cm³/mol. The zero-order chi connectivity index (χ0) is 21.1. The third-order valence-corrected chi connectivity index (χ3v) is 6.42. The van der Waals surface area contributed by atoms with Crippen molar-refractivity contribution in [2.75, 3.05) is 25.2 Å². The molecule has 1 amide bonds. The van der Waals surface area contributed by atoms with Crippen molar-refractivity contribution in [3.63, 3.8) is 0 Å². The molecule has 3 rings (SSSR count). The summed E-state index contributed by atoms with van der Waals surface area (Å²) in [4.78, 5) is 19.8.